The fraction of sp³-hybridized carbons (Fsp3) is 0.0625. The monoisotopic (exact) mass is 628 g/mol. The summed E-state index contributed by atoms with van der Waals surface area (Å²) in [7, 11) is 3.36. The van der Waals surface area contributed by atoms with Gasteiger partial charge in [0.1, 0.15) is 11.5 Å². The van der Waals surface area contributed by atoms with E-state index in [0.29, 0.717) is 0 Å². The highest BCUT2D eigenvalue weighted by Gasteiger charge is 2.16. The molecule has 0 saturated carbocycles. The van der Waals surface area contributed by atoms with Gasteiger partial charge in [-0.1, -0.05) is 31.9 Å². The van der Waals surface area contributed by atoms with Gasteiger partial charge in [-0.15, -0.1) is 0 Å². The smallest absolute Gasteiger partial charge is 0.119 e. The molecule has 0 radical (unpaired) electrons. The minimum absolute atomic E-state index is 0.824. The van der Waals surface area contributed by atoms with E-state index in [1.54, 1.807) is 14.2 Å². The van der Waals surface area contributed by atoms with E-state index < -0.39 is 0 Å². The zero-order chi connectivity index (χ0) is 26.5. The van der Waals surface area contributed by atoms with Crippen molar-refractivity contribution >= 4 is 66.0 Å². The maximum absolute atomic E-state index is 5.38. The molecule has 4 nitrogen and oxygen atoms in total. The molecule has 5 rings (SSSR count). The van der Waals surface area contributed by atoms with Crippen molar-refractivity contribution in [2.24, 2.45) is 0 Å². The number of methoxy groups -OCH3 is 2. The first-order valence-electron chi connectivity index (χ1n) is 12.1. The highest BCUT2D eigenvalue weighted by molar-refractivity contribution is 9.10. The third-order valence-corrected chi connectivity index (χ3v) is 7.25. The lowest BCUT2D eigenvalue weighted by Crippen LogP contribution is -2.12. The third-order valence-electron chi connectivity index (χ3n) is 6.20. The van der Waals surface area contributed by atoms with Crippen molar-refractivity contribution in [2.45, 2.75) is 0 Å². The second kappa shape index (κ2) is 11.8. The quantitative estimate of drug-likeness (QED) is 0.170. The van der Waals surface area contributed by atoms with Gasteiger partial charge in [-0.3, -0.25) is 0 Å². The molecule has 5 aromatic carbocycles. The predicted octanol–water partition coefficient (Wildman–Crippen LogP) is 10.2. The van der Waals surface area contributed by atoms with Crippen molar-refractivity contribution in [1.29, 1.82) is 0 Å². The van der Waals surface area contributed by atoms with Gasteiger partial charge in [0.15, 0.2) is 0 Å². The van der Waals surface area contributed by atoms with Crippen molar-refractivity contribution in [1.82, 2.24) is 0 Å². The molecule has 0 bridgehead atoms. The number of ether oxygens (including phenoxy) is 2. The minimum atomic E-state index is 0.824. The van der Waals surface area contributed by atoms with E-state index >= 15 is 0 Å². The molecule has 0 N–H and O–H groups in total. The van der Waals surface area contributed by atoms with Gasteiger partial charge in [0, 0.05) is 43.1 Å². The Kier molecular flexibility index (Phi) is 8.01. The summed E-state index contributed by atoms with van der Waals surface area (Å²) in [6.07, 6.45) is 0. The second-order valence-corrected chi connectivity index (χ2v) is 10.4. The predicted molar refractivity (Wildman–Crippen MR) is 164 cm³/mol. The summed E-state index contributed by atoms with van der Waals surface area (Å²) in [4.78, 5) is 4.46. The van der Waals surface area contributed by atoms with Crippen LogP contribution in [0.4, 0.5) is 34.1 Å². The van der Waals surface area contributed by atoms with Crippen LogP contribution in [-0.2, 0) is 0 Å². The van der Waals surface area contributed by atoms with Gasteiger partial charge in [-0.05, 0) is 121 Å². The lowest BCUT2D eigenvalue weighted by molar-refractivity contribution is 0.414. The number of anilines is 6. The van der Waals surface area contributed by atoms with Crippen molar-refractivity contribution in [3.63, 3.8) is 0 Å². The number of rotatable bonds is 8. The van der Waals surface area contributed by atoms with Crippen LogP contribution in [0.3, 0.4) is 0 Å². The Balaban J connectivity index is 1.56. The van der Waals surface area contributed by atoms with Crippen LogP contribution >= 0.6 is 31.9 Å². The maximum atomic E-state index is 5.38. The summed E-state index contributed by atoms with van der Waals surface area (Å²) >= 11 is 7.12. The number of nitrogens with zero attached hydrogens (tertiary/aromatic N) is 2. The molecule has 190 valence electrons. The van der Waals surface area contributed by atoms with Crippen LogP contribution in [0.1, 0.15) is 0 Å². The zero-order valence-corrected chi connectivity index (χ0v) is 24.2. The summed E-state index contributed by atoms with van der Waals surface area (Å²) in [6.45, 7) is 0. The molecule has 38 heavy (non-hydrogen) atoms. The van der Waals surface area contributed by atoms with Gasteiger partial charge < -0.3 is 19.3 Å². The maximum Gasteiger partial charge on any atom is 0.119 e. The van der Waals surface area contributed by atoms with E-state index in [9.17, 15) is 0 Å². The van der Waals surface area contributed by atoms with E-state index in [1.165, 1.54) is 0 Å². The Morgan fingerprint density at radius 2 is 0.579 bits per heavy atom. The molecule has 0 spiro atoms. The van der Waals surface area contributed by atoms with Crippen molar-refractivity contribution in [2.75, 3.05) is 24.0 Å². The Bertz CT molecular complexity index is 1350. The van der Waals surface area contributed by atoms with Crippen LogP contribution in [0.15, 0.2) is 130 Å². The van der Waals surface area contributed by atoms with Gasteiger partial charge in [-0.2, -0.15) is 0 Å². The summed E-state index contributed by atoms with van der Waals surface area (Å²) in [6, 6.07) is 41.4. The first kappa shape index (κ1) is 25.9. The first-order valence-corrected chi connectivity index (χ1v) is 13.6. The molecule has 0 aliphatic rings. The van der Waals surface area contributed by atoms with Gasteiger partial charge in [0.25, 0.3) is 0 Å². The van der Waals surface area contributed by atoms with Crippen molar-refractivity contribution in [3.05, 3.63) is 130 Å². The molecule has 0 amide bonds. The normalized spacial score (nSPS) is 10.6. The molecule has 0 fully saturated rings. The Labute approximate surface area is 240 Å². The number of halogens is 2. The fourth-order valence-electron chi connectivity index (χ4n) is 4.29. The number of benzene rings is 5. The van der Waals surface area contributed by atoms with Gasteiger partial charge in [0.05, 0.1) is 14.2 Å². The Morgan fingerprint density at radius 3 is 0.816 bits per heavy atom. The lowest BCUT2D eigenvalue weighted by Gasteiger charge is -2.28. The Morgan fingerprint density at radius 1 is 0.368 bits per heavy atom. The number of hydrogen-bond acceptors (Lipinski definition) is 4. The summed E-state index contributed by atoms with van der Waals surface area (Å²) in [5.41, 5.74) is 6.30. The highest BCUT2D eigenvalue weighted by atomic mass is 79.9. The van der Waals surface area contributed by atoms with E-state index in [2.05, 4.69) is 139 Å². The summed E-state index contributed by atoms with van der Waals surface area (Å²) < 4.78 is 12.8. The molecule has 6 heteroatoms. The molecule has 0 saturated heterocycles. The third kappa shape index (κ3) is 5.72. The minimum Gasteiger partial charge on any atom is -0.497 e. The van der Waals surface area contributed by atoms with E-state index in [0.717, 1.165) is 54.6 Å². The first-order chi connectivity index (χ1) is 18.6. The largest absolute Gasteiger partial charge is 0.497 e. The molecule has 0 unspecified atom stereocenters. The van der Waals surface area contributed by atoms with E-state index in [-0.39, 0.29) is 0 Å². The molecule has 0 heterocycles. The molecule has 0 aromatic heterocycles. The van der Waals surface area contributed by atoms with Crippen LogP contribution < -0.4 is 19.3 Å². The molecular weight excluding hydrogens is 604 g/mol. The average molecular weight is 630 g/mol. The molecule has 0 atom stereocenters. The molecule has 0 aliphatic carbocycles. The van der Waals surface area contributed by atoms with Crippen LogP contribution in [0, 0.1) is 0 Å². The summed E-state index contributed by atoms with van der Waals surface area (Å²) in [5.74, 6) is 1.65. The second-order valence-electron chi connectivity index (χ2n) is 8.54. The van der Waals surface area contributed by atoms with E-state index in [1.807, 2.05) is 24.3 Å². The van der Waals surface area contributed by atoms with Crippen LogP contribution in [0.5, 0.6) is 11.5 Å². The van der Waals surface area contributed by atoms with E-state index in [4.69, 9.17) is 9.47 Å². The zero-order valence-electron chi connectivity index (χ0n) is 21.0. The van der Waals surface area contributed by atoms with Crippen LogP contribution in [0.25, 0.3) is 0 Å². The molecular formula is C32H26Br2N2O2. The average Bonchev–Trinajstić information content (AvgIpc) is 2.97. The van der Waals surface area contributed by atoms with Gasteiger partial charge in [0.2, 0.25) is 0 Å². The van der Waals surface area contributed by atoms with Crippen molar-refractivity contribution in [3.8, 4) is 11.5 Å². The highest BCUT2D eigenvalue weighted by Crippen LogP contribution is 2.40. The van der Waals surface area contributed by atoms with Crippen LogP contribution in [0.2, 0.25) is 0 Å². The standard InChI is InChI=1S/C32H26Br2N2O2/c1-37-31-19-15-29(16-20-31)35(25-7-3-23(33)4-8-25)27-11-13-28(14-12-27)36(26-9-5-24(34)6-10-26)30-17-21-32(38-2)22-18-30/h3-22H,1-2H3. The topological polar surface area (TPSA) is 24.9 Å². The number of hydrogen-bond donors (Lipinski definition) is 0. The van der Waals surface area contributed by atoms with Gasteiger partial charge in [-0.25, -0.2) is 0 Å². The SMILES string of the molecule is COc1ccc(N(c2ccc(Br)cc2)c2ccc(N(c3ccc(Br)cc3)c3ccc(OC)cc3)cc2)cc1. The van der Waals surface area contributed by atoms with Crippen LogP contribution in [-0.4, -0.2) is 14.2 Å². The Hall–Kier alpha value is -3.74. The van der Waals surface area contributed by atoms with Crippen molar-refractivity contribution < 1.29 is 9.47 Å². The lowest BCUT2D eigenvalue weighted by atomic mass is 10.1. The fourth-order valence-corrected chi connectivity index (χ4v) is 4.82. The summed E-state index contributed by atoms with van der Waals surface area (Å²) in [5, 5.41) is 0. The van der Waals surface area contributed by atoms with Gasteiger partial charge >= 0.3 is 0 Å². The molecule has 0 aliphatic heterocycles. The molecule has 5 aromatic rings.